The summed E-state index contributed by atoms with van der Waals surface area (Å²) in [5, 5.41) is 0.971. The zero-order valence-corrected chi connectivity index (χ0v) is 13.9. The highest BCUT2D eigenvalue weighted by Gasteiger charge is 2.23. The summed E-state index contributed by atoms with van der Waals surface area (Å²) in [6.07, 6.45) is 1.07. The second kappa shape index (κ2) is 6.10. The first-order chi connectivity index (χ1) is 10.2. The Morgan fingerprint density at radius 2 is 1.91 bits per heavy atom. The third kappa shape index (κ3) is 3.48. The number of nitrogens with zero attached hydrogens (tertiary/aromatic N) is 2. The number of amides is 1. The Hall–Kier alpha value is -1.86. The minimum Gasteiger partial charge on any atom is -0.459 e. The molecule has 0 saturated heterocycles. The first-order valence-corrected chi connectivity index (χ1v) is 8.70. The predicted molar refractivity (Wildman–Crippen MR) is 84.9 cm³/mol. The van der Waals surface area contributed by atoms with Crippen molar-refractivity contribution in [3.63, 3.8) is 0 Å². The van der Waals surface area contributed by atoms with E-state index in [0.29, 0.717) is 5.76 Å². The number of para-hydroxylation sites is 1. The number of fused-ring (bicyclic) bond motifs is 1. The first-order valence-electron chi connectivity index (χ1n) is 6.85. The van der Waals surface area contributed by atoms with Gasteiger partial charge in [0.15, 0.2) is 0 Å². The predicted octanol–water partition coefficient (Wildman–Crippen LogP) is 1.84. The van der Waals surface area contributed by atoms with E-state index in [1.54, 1.807) is 7.05 Å². The van der Waals surface area contributed by atoms with Gasteiger partial charge in [-0.15, -0.1) is 0 Å². The Labute approximate surface area is 130 Å². The summed E-state index contributed by atoms with van der Waals surface area (Å²) in [4.78, 5) is 13.7. The van der Waals surface area contributed by atoms with Crippen molar-refractivity contribution in [3.05, 3.63) is 36.1 Å². The lowest BCUT2D eigenvalue weighted by Gasteiger charge is -2.25. The van der Waals surface area contributed by atoms with Gasteiger partial charge in [-0.05, 0) is 19.1 Å². The van der Waals surface area contributed by atoms with Crippen molar-refractivity contribution in [2.45, 2.75) is 13.0 Å². The maximum Gasteiger partial charge on any atom is 0.238 e. The van der Waals surface area contributed by atoms with Crippen molar-refractivity contribution in [1.29, 1.82) is 0 Å². The van der Waals surface area contributed by atoms with Crippen LogP contribution in [0.25, 0.3) is 11.0 Å². The van der Waals surface area contributed by atoms with E-state index in [2.05, 4.69) is 0 Å². The Balaban J connectivity index is 2.14. The van der Waals surface area contributed by atoms with Crippen LogP contribution < -0.4 is 0 Å². The van der Waals surface area contributed by atoms with Gasteiger partial charge in [-0.1, -0.05) is 18.2 Å². The molecule has 7 heteroatoms. The largest absolute Gasteiger partial charge is 0.459 e. The average molecular weight is 324 g/mol. The van der Waals surface area contributed by atoms with Crippen LogP contribution in [0.1, 0.15) is 18.7 Å². The van der Waals surface area contributed by atoms with Crippen LogP contribution in [0, 0.1) is 0 Å². The molecular formula is C15H20N2O4S. The van der Waals surface area contributed by atoms with Crippen LogP contribution >= 0.6 is 0 Å². The molecule has 0 aliphatic rings. The molecule has 0 N–H and O–H groups in total. The number of carbonyl (C=O) groups is 1. The maximum atomic E-state index is 12.2. The molecule has 1 aromatic heterocycles. The molecule has 2 rings (SSSR count). The van der Waals surface area contributed by atoms with Gasteiger partial charge in [-0.3, -0.25) is 4.79 Å². The summed E-state index contributed by atoms with van der Waals surface area (Å²) in [6, 6.07) is 9.22. The van der Waals surface area contributed by atoms with Crippen molar-refractivity contribution in [3.8, 4) is 0 Å². The monoisotopic (exact) mass is 324 g/mol. The molecular weight excluding hydrogens is 304 g/mol. The van der Waals surface area contributed by atoms with Gasteiger partial charge >= 0.3 is 0 Å². The number of sulfonamides is 1. The SMILES string of the molecule is C[C@H](c1cc2ccccc2o1)N(C)C(=O)CN(C)S(C)(=O)=O. The standard InChI is InChI=1S/C15H20N2O4S/c1-11(14-9-12-7-5-6-8-13(12)21-14)17(3)15(18)10-16(2)22(4,19)20/h5-9,11H,10H2,1-4H3/t11-/m1/s1. The Morgan fingerprint density at radius 1 is 1.27 bits per heavy atom. The molecule has 2 aromatic rings. The minimum atomic E-state index is -3.38. The van der Waals surface area contributed by atoms with E-state index in [0.717, 1.165) is 21.5 Å². The Kier molecular flexibility index (Phi) is 4.58. The summed E-state index contributed by atoms with van der Waals surface area (Å²) < 4.78 is 29.5. The van der Waals surface area contributed by atoms with Crippen LogP contribution in [-0.4, -0.2) is 50.4 Å². The zero-order valence-electron chi connectivity index (χ0n) is 13.1. The topological polar surface area (TPSA) is 70.8 Å². The molecule has 0 radical (unpaired) electrons. The molecule has 0 unspecified atom stereocenters. The fourth-order valence-electron chi connectivity index (χ4n) is 2.03. The van der Waals surface area contributed by atoms with Crippen LogP contribution in [0.4, 0.5) is 0 Å². The quantitative estimate of drug-likeness (QED) is 0.841. The van der Waals surface area contributed by atoms with Crippen molar-refractivity contribution in [1.82, 2.24) is 9.21 Å². The average Bonchev–Trinajstić information content (AvgIpc) is 2.88. The second-order valence-electron chi connectivity index (χ2n) is 5.39. The lowest BCUT2D eigenvalue weighted by Crippen LogP contribution is -2.39. The number of hydrogen-bond acceptors (Lipinski definition) is 4. The highest BCUT2D eigenvalue weighted by Crippen LogP contribution is 2.26. The molecule has 1 amide bonds. The molecule has 0 saturated carbocycles. The van der Waals surface area contributed by atoms with Crippen LogP contribution in [0.3, 0.4) is 0 Å². The van der Waals surface area contributed by atoms with E-state index in [-0.39, 0.29) is 18.5 Å². The van der Waals surface area contributed by atoms with Gasteiger partial charge in [0.25, 0.3) is 0 Å². The number of hydrogen-bond donors (Lipinski definition) is 0. The van der Waals surface area contributed by atoms with Crippen LogP contribution in [-0.2, 0) is 14.8 Å². The van der Waals surface area contributed by atoms with Crippen molar-refractivity contribution < 1.29 is 17.6 Å². The zero-order chi connectivity index (χ0) is 16.5. The van der Waals surface area contributed by atoms with Crippen molar-refractivity contribution >= 4 is 26.9 Å². The molecule has 22 heavy (non-hydrogen) atoms. The number of likely N-dealkylation sites (N-methyl/N-ethyl adjacent to an activating group) is 2. The van der Waals surface area contributed by atoms with Crippen LogP contribution in [0.2, 0.25) is 0 Å². The van der Waals surface area contributed by atoms with Crippen molar-refractivity contribution in [2.75, 3.05) is 26.9 Å². The van der Waals surface area contributed by atoms with E-state index >= 15 is 0 Å². The highest BCUT2D eigenvalue weighted by atomic mass is 32.2. The van der Waals surface area contributed by atoms with E-state index in [1.165, 1.54) is 11.9 Å². The van der Waals surface area contributed by atoms with E-state index < -0.39 is 10.0 Å². The lowest BCUT2D eigenvalue weighted by molar-refractivity contribution is -0.132. The smallest absolute Gasteiger partial charge is 0.238 e. The minimum absolute atomic E-state index is 0.195. The molecule has 1 atom stereocenters. The van der Waals surface area contributed by atoms with Gasteiger partial charge in [0, 0.05) is 19.5 Å². The maximum absolute atomic E-state index is 12.2. The highest BCUT2D eigenvalue weighted by molar-refractivity contribution is 7.88. The Morgan fingerprint density at radius 3 is 2.50 bits per heavy atom. The lowest BCUT2D eigenvalue weighted by atomic mass is 10.2. The van der Waals surface area contributed by atoms with Gasteiger partial charge in [0.2, 0.25) is 15.9 Å². The Bertz CT molecular complexity index is 749. The number of carbonyl (C=O) groups excluding carboxylic acids is 1. The van der Waals surface area contributed by atoms with E-state index in [1.807, 2.05) is 37.3 Å². The number of rotatable bonds is 5. The molecule has 0 fully saturated rings. The van der Waals surface area contributed by atoms with Crippen LogP contribution in [0.5, 0.6) is 0 Å². The summed E-state index contributed by atoms with van der Waals surface area (Å²) >= 11 is 0. The number of furan rings is 1. The summed E-state index contributed by atoms with van der Waals surface area (Å²) in [5.41, 5.74) is 0.762. The fourth-order valence-corrected chi connectivity index (χ4v) is 2.38. The molecule has 1 heterocycles. The van der Waals surface area contributed by atoms with E-state index in [4.69, 9.17) is 4.42 Å². The van der Waals surface area contributed by atoms with Gasteiger partial charge < -0.3 is 9.32 Å². The summed E-state index contributed by atoms with van der Waals surface area (Å²) in [6.45, 7) is 1.65. The van der Waals surface area contributed by atoms with Crippen LogP contribution in [0.15, 0.2) is 34.7 Å². The molecule has 6 nitrogen and oxygen atoms in total. The molecule has 0 spiro atoms. The summed E-state index contributed by atoms with van der Waals surface area (Å²) in [7, 11) is -0.363. The van der Waals surface area contributed by atoms with Gasteiger partial charge in [-0.25, -0.2) is 8.42 Å². The fraction of sp³-hybridized carbons (Fsp3) is 0.400. The third-order valence-corrected chi connectivity index (χ3v) is 5.02. The molecule has 0 aliphatic carbocycles. The first kappa shape index (κ1) is 16.5. The molecule has 1 aromatic carbocycles. The van der Waals surface area contributed by atoms with E-state index in [9.17, 15) is 13.2 Å². The second-order valence-corrected chi connectivity index (χ2v) is 7.48. The van der Waals surface area contributed by atoms with Crippen molar-refractivity contribution in [2.24, 2.45) is 0 Å². The molecule has 120 valence electrons. The normalized spacial score (nSPS) is 13.5. The summed E-state index contributed by atoms with van der Waals surface area (Å²) in [5.74, 6) is 0.375. The van der Waals surface area contributed by atoms with Gasteiger partial charge in [-0.2, -0.15) is 4.31 Å². The third-order valence-electron chi connectivity index (χ3n) is 3.75. The number of benzene rings is 1. The van der Waals surface area contributed by atoms with Gasteiger partial charge in [0.05, 0.1) is 18.8 Å². The van der Waals surface area contributed by atoms with Gasteiger partial charge in [0.1, 0.15) is 11.3 Å². The molecule has 0 aliphatic heterocycles. The molecule has 0 bridgehead atoms.